The highest BCUT2D eigenvalue weighted by molar-refractivity contribution is 5.80. The van der Waals surface area contributed by atoms with Gasteiger partial charge in [0, 0.05) is 18.0 Å². The molecule has 1 saturated carbocycles. The molecule has 1 aliphatic carbocycles. The summed E-state index contributed by atoms with van der Waals surface area (Å²) in [4.78, 5) is 16.2. The number of rotatable bonds is 8. The van der Waals surface area contributed by atoms with Gasteiger partial charge in [-0.1, -0.05) is 69.3 Å². The van der Waals surface area contributed by atoms with Crippen molar-refractivity contribution in [3.63, 3.8) is 0 Å². The molecule has 4 rings (SSSR count). The SMILES string of the molecule is C=CCC1(O)CCC(C(=O)N2C(NCc3cc(C(C)(C)C)ccc3OC)CCC2c2ccccc2)CC1. The topological polar surface area (TPSA) is 61.8 Å². The number of nitrogens with one attached hydrogen (secondary N) is 1. The number of methoxy groups -OCH3 is 1. The molecule has 2 aromatic carbocycles. The molecule has 200 valence electrons. The molecule has 2 aliphatic rings. The van der Waals surface area contributed by atoms with E-state index >= 15 is 0 Å². The van der Waals surface area contributed by atoms with E-state index in [9.17, 15) is 9.90 Å². The van der Waals surface area contributed by atoms with Crippen LogP contribution in [0.25, 0.3) is 0 Å². The minimum atomic E-state index is -0.714. The van der Waals surface area contributed by atoms with Crippen LogP contribution in [0.15, 0.2) is 61.2 Å². The van der Waals surface area contributed by atoms with Crippen molar-refractivity contribution in [3.05, 3.63) is 77.9 Å². The number of amides is 1. The van der Waals surface area contributed by atoms with Crippen LogP contribution in [0.3, 0.4) is 0 Å². The van der Waals surface area contributed by atoms with Crippen molar-refractivity contribution in [2.45, 2.75) is 95.5 Å². The fourth-order valence-electron chi connectivity index (χ4n) is 6.02. The summed E-state index contributed by atoms with van der Waals surface area (Å²) >= 11 is 0. The van der Waals surface area contributed by atoms with Crippen molar-refractivity contribution in [2.24, 2.45) is 5.92 Å². The predicted molar refractivity (Wildman–Crippen MR) is 149 cm³/mol. The van der Waals surface area contributed by atoms with Gasteiger partial charge in [0.15, 0.2) is 0 Å². The zero-order chi connectivity index (χ0) is 26.6. The highest BCUT2D eigenvalue weighted by Gasteiger charge is 2.43. The van der Waals surface area contributed by atoms with Gasteiger partial charge >= 0.3 is 0 Å². The lowest BCUT2D eigenvalue weighted by Crippen LogP contribution is -2.49. The van der Waals surface area contributed by atoms with Gasteiger partial charge in [-0.2, -0.15) is 0 Å². The highest BCUT2D eigenvalue weighted by atomic mass is 16.5. The first-order valence-electron chi connectivity index (χ1n) is 13.8. The molecule has 2 atom stereocenters. The van der Waals surface area contributed by atoms with E-state index in [0.29, 0.717) is 25.8 Å². The Labute approximate surface area is 222 Å². The van der Waals surface area contributed by atoms with Crippen LogP contribution in [0.5, 0.6) is 5.75 Å². The number of aliphatic hydroxyl groups is 1. The number of hydrogen-bond donors (Lipinski definition) is 2. The van der Waals surface area contributed by atoms with Gasteiger partial charge in [-0.25, -0.2) is 0 Å². The monoisotopic (exact) mass is 504 g/mol. The molecule has 1 heterocycles. The van der Waals surface area contributed by atoms with Crippen molar-refractivity contribution in [1.82, 2.24) is 10.2 Å². The summed E-state index contributed by atoms with van der Waals surface area (Å²) < 4.78 is 5.68. The first kappa shape index (κ1) is 27.4. The predicted octanol–water partition coefficient (Wildman–Crippen LogP) is 6.27. The molecular weight excluding hydrogens is 460 g/mol. The maximum absolute atomic E-state index is 14.0. The number of benzene rings is 2. The molecule has 2 aromatic rings. The quantitative estimate of drug-likeness (QED) is 0.416. The normalized spacial score (nSPS) is 26.2. The van der Waals surface area contributed by atoms with Gasteiger partial charge in [0.2, 0.25) is 5.91 Å². The molecule has 2 unspecified atom stereocenters. The molecular formula is C32H44N2O3. The van der Waals surface area contributed by atoms with Crippen molar-refractivity contribution in [2.75, 3.05) is 7.11 Å². The third kappa shape index (κ3) is 6.27. The zero-order valence-corrected chi connectivity index (χ0v) is 23.0. The third-order valence-electron chi connectivity index (χ3n) is 8.29. The molecule has 1 amide bonds. The fourth-order valence-corrected chi connectivity index (χ4v) is 6.02. The lowest BCUT2D eigenvalue weighted by atomic mass is 9.76. The minimum Gasteiger partial charge on any atom is -0.496 e. The molecule has 1 aliphatic heterocycles. The Balaban J connectivity index is 1.55. The molecule has 0 aromatic heterocycles. The van der Waals surface area contributed by atoms with E-state index in [1.807, 2.05) is 12.1 Å². The molecule has 5 heteroatoms. The number of hydrogen-bond acceptors (Lipinski definition) is 4. The Morgan fingerprint density at radius 1 is 1.14 bits per heavy atom. The van der Waals surface area contributed by atoms with E-state index in [2.05, 4.69) is 74.0 Å². The second-order valence-electron chi connectivity index (χ2n) is 11.9. The van der Waals surface area contributed by atoms with Crippen LogP contribution in [-0.2, 0) is 16.8 Å². The van der Waals surface area contributed by atoms with Gasteiger partial charge in [-0.05, 0) is 67.6 Å². The maximum atomic E-state index is 14.0. The van der Waals surface area contributed by atoms with Gasteiger partial charge in [-0.3, -0.25) is 10.1 Å². The summed E-state index contributed by atoms with van der Waals surface area (Å²) in [5.74, 6) is 1.02. The van der Waals surface area contributed by atoms with Gasteiger partial charge in [-0.15, -0.1) is 6.58 Å². The Kier molecular flexibility index (Phi) is 8.45. The van der Waals surface area contributed by atoms with Crippen molar-refractivity contribution in [3.8, 4) is 5.75 Å². The molecule has 2 fully saturated rings. The molecule has 0 bridgehead atoms. The number of ether oxygens (including phenoxy) is 1. The van der Waals surface area contributed by atoms with E-state index in [1.54, 1.807) is 13.2 Å². The second-order valence-corrected chi connectivity index (χ2v) is 11.9. The van der Waals surface area contributed by atoms with Gasteiger partial charge < -0.3 is 14.7 Å². The summed E-state index contributed by atoms with van der Waals surface area (Å²) in [6, 6.07) is 16.9. The fraction of sp³-hybridized carbons (Fsp3) is 0.531. The highest BCUT2D eigenvalue weighted by Crippen LogP contribution is 2.41. The first-order valence-corrected chi connectivity index (χ1v) is 13.8. The van der Waals surface area contributed by atoms with Crippen LogP contribution in [0.4, 0.5) is 0 Å². The number of likely N-dealkylation sites (tertiary alicyclic amines) is 1. The summed E-state index contributed by atoms with van der Waals surface area (Å²) in [6.07, 6.45) is 6.89. The summed E-state index contributed by atoms with van der Waals surface area (Å²) in [5.41, 5.74) is 2.89. The van der Waals surface area contributed by atoms with Crippen LogP contribution in [0.2, 0.25) is 0 Å². The lowest BCUT2D eigenvalue weighted by molar-refractivity contribution is -0.142. The van der Waals surface area contributed by atoms with E-state index in [4.69, 9.17) is 4.74 Å². The van der Waals surface area contributed by atoms with Crippen LogP contribution in [0.1, 0.15) is 88.4 Å². The standard InChI is InChI=1S/C32H44N2O3/c1-6-18-32(36)19-16-24(17-20-32)30(35)34-27(23-10-8-7-9-11-23)13-15-29(34)33-22-25-21-26(31(2,3)4)12-14-28(25)37-5/h6-12,14,21,24,27,29,33,36H,1,13,15-20,22H2,2-5H3. The molecule has 0 spiro atoms. The Bertz CT molecular complexity index is 1070. The molecule has 2 N–H and O–H groups in total. The largest absolute Gasteiger partial charge is 0.496 e. The Morgan fingerprint density at radius 2 is 1.84 bits per heavy atom. The molecule has 1 saturated heterocycles. The number of carbonyl (C=O) groups excluding carboxylic acids is 1. The van der Waals surface area contributed by atoms with E-state index in [0.717, 1.165) is 37.0 Å². The summed E-state index contributed by atoms with van der Waals surface area (Å²) in [7, 11) is 1.71. The van der Waals surface area contributed by atoms with Crippen LogP contribution < -0.4 is 10.1 Å². The van der Waals surface area contributed by atoms with Crippen molar-refractivity contribution in [1.29, 1.82) is 0 Å². The summed E-state index contributed by atoms with van der Waals surface area (Å²) in [5, 5.41) is 14.6. The number of carbonyl (C=O) groups is 1. The molecule has 0 radical (unpaired) electrons. The first-order chi connectivity index (χ1) is 17.6. The van der Waals surface area contributed by atoms with E-state index in [1.165, 1.54) is 11.1 Å². The van der Waals surface area contributed by atoms with Gasteiger partial charge in [0.05, 0.1) is 24.9 Å². The van der Waals surface area contributed by atoms with E-state index in [-0.39, 0.29) is 29.4 Å². The van der Waals surface area contributed by atoms with Crippen molar-refractivity contribution < 1.29 is 14.6 Å². The number of nitrogens with zero attached hydrogens (tertiary/aromatic N) is 1. The van der Waals surface area contributed by atoms with Gasteiger partial charge in [0.25, 0.3) is 0 Å². The molecule has 37 heavy (non-hydrogen) atoms. The van der Waals surface area contributed by atoms with Crippen LogP contribution in [-0.4, -0.2) is 34.8 Å². The second kappa shape index (κ2) is 11.4. The minimum absolute atomic E-state index is 0.0449. The van der Waals surface area contributed by atoms with E-state index < -0.39 is 5.60 Å². The Hall–Kier alpha value is -2.63. The van der Waals surface area contributed by atoms with Crippen LogP contribution in [0, 0.1) is 5.92 Å². The van der Waals surface area contributed by atoms with Crippen molar-refractivity contribution >= 4 is 5.91 Å². The third-order valence-corrected chi connectivity index (χ3v) is 8.29. The zero-order valence-electron chi connectivity index (χ0n) is 23.0. The Morgan fingerprint density at radius 3 is 2.46 bits per heavy atom. The smallest absolute Gasteiger partial charge is 0.227 e. The maximum Gasteiger partial charge on any atom is 0.227 e. The summed E-state index contributed by atoms with van der Waals surface area (Å²) in [6.45, 7) is 11.1. The van der Waals surface area contributed by atoms with Gasteiger partial charge in [0.1, 0.15) is 5.75 Å². The average Bonchev–Trinajstić information content (AvgIpc) is 3.31. The average molecular weight is 505 g/mol. The van der Waals surface area contributed by atoms with Crippen LogP contribution >= 0.6 is 0 Å². The molecule has 5 nitrogen and oxygen atoms in total. The lowest BCUT2D eigenvalue weighted by Gasteiger charge is -2.39.